The Labute approximate surface area is 142 Å². The van der Waals surface area contributed by atoms with E-state index in [0.29, 0.717) is 16.8 Å². The normalized spacial score (nSPS) is 11.3. The first-order chi connectivity index (χ1) is 11.4. The summed E-state index contributed by atoms with van der Waals surface area (Å²) in [5, 5.41) is 2.76. The minimum absolute atomic E-state index is 0.155. The summed E-state index contributed by atoms with van der Waals surface area (Å²) in [5.74, 6) is -0.283. The Balaban J connectivity index is 1.90. The molecule has 128 valence electrons. The maximum atomic E-state index is 12.1. The van der Waals surface area contributed by atoms with E-state index in [4.69, 9.17) is 0 Å². The zero-order chi connectivity index (χ0) is 17.6. The smallest absolute Gasteiger partial charge is 0.367 e. The van der Waals surface area contributed by atoms with Crippen LogP contribution in [0.5, 0.6) is 0 Å². The SMILES string of the molecule is CSc1ccc(NC(=O)c2ccc(COCC(F)(F)F)cc2)cc1. The summed E-state index contributed by atoms with van der Waals surface area (Å²) in [7, 11) is 0. The third-order valence-electron chi connectivity index (χ3n) is 3.10. The van der Waals surface area contributed by atoms with Crippen LogP contribution in [-0.4, -0.2) is 24.9 Å². The van der Waals surface area contributed by atoms with E-state index in [1.54, 1.807) is 36.0 Å². The van der Waals surface area contributed by atoms with Crippen LogP contribution in [0.3, 0.4) is 0 Å². The van der Waals surface area contributed by atoms with Gasteiger partial charge < -0.3 is 10.1 Å². The molecule has 0 heterocycles. The van der Waals surface area contributed by atoms with Crippen LogP contribution >= 0.6 is 11.8 Å². The molecule has 0 aromatic heterocycles. The number of ether oxygens (including phenoxy) is 1. The lowest BCUT2D eigenvalue weighted by Gasteiger charge is -2.09. The van der Waals surface area contributed by atoms with Crippen LogP contribution in [0, 0.1) is 0 Å². The topological polar surface area (TPSA) is 38.3 Å². The molecule has 0 saturated carbocycles. The molecular weight excluding hydrogens is 339 g/mol. The van der Waals surface area contributed by atoms with Gasteiger partial charge in [-0.1, -0.05) is 12.1 Å². The molecule has 3 nitrogen and oxygen atoms in total. The van der Waals surface area contributed by atoms with E-state index in [9.17, 15) is 18.0 Å². The van der Waals surface area contributed by atoms with Crippen molar-refractivity contribution in [1.82, 2.24) is 0 Å². The van der Waals surface area contributed by atoms with Crippen molar-refractivity contribution >= 4 is 23.4 Å². The van der Waals surface area contributed by atoms with Crippen LogP contribution < -0.4 is 5.32 Å². The molecule has 1 amide bonds. The number of carbonyl (C=O) groups is 1. The fraction of sp³-hybridized carbons (Fsp3) is 0.235. The number of rotatable bonds is 6. The summed E-state index contributed by atoms with van der Waals surface area (Å²) in [5.41, 5.74) is 1.67. The van der Waals surface area contributed by atoms with E-state index in [1.807, 2.05) is 30.5 Å². The van der Waals surface area contributed by atoms with Crippen molar-refractivity contribution < 1.29 is 22.7 Å². The number of anilines is 1. The Kier molecular flexibility index (Phi) is 6.28. The molecule has 2 rings (SSSR count). The fourth-order valence-corrected chi connectivity index (χ4v) is 2.32. The first-order valence-electron chi connectivity index (χ1n) is 7.06. The molecule has 2 aromatic rings. The molecule has 0 fully saturated rings. The van der Waals surface area contributed by atoms with Gasteiger partial charge in [0, 0.05) is 16.1 Å². The van der Waals surface area contributed by atoms with Gasteiger partial charge in [0.25, 0.3) is 5.91 Å². The van der Waals surface area contributed by atoms with Gasteiger partial charge in [-0.3, -0.25) is 4.79 Å². The molecule has 0 atom stereocenters. The zero-order valence-electron chi connectivity index (χ0n) is 12.9. The van der Waals surface area contributed by atoms with E-state index >= 15 is 0 Å². The van der Waals surface area contributed by atoms with Crippen molar-refractivity contribution in [3.05, 3.63) is 59.7 Å². The summed E-state index contributed by atoms with van der Waals surface area (Å²) in [6, 6.07) is 13.7. The quantitative estimate of drug-likeness (QED) is 0.761. The maximum absolute atomic E-state index is 12.1. The van der Waals surface area contributed by atoms with Crippen molar-refractivity contribution in [2.45, 2.75) is 17.7 Å². The third-order valence-corrected chi connectivity index (χ3v) is 3.84. The number of nitrogens with one attached hydrogen (secondary N) is 1. The van der Waals surface area contributed by atoms with Crippen molar-refractivity contribution in [1.29, 1.82) is 0 Å². The van der Waals surface area contributed by atoms with Crippen LogP contribution in [-0.2, 0) is 11.3 Å². The van der Waals surface area contributed by atoms with Gasteiger partial charge in [-0.25, -0.2) is 0 Å². The lowest BCUT2D eigenvalue weighted by molar-refractivity contribution is -0.176. The Morgan fingerprint density at radius 3 is 2.25 bits per heavy atom. The van der Waals surface area contributed by atoms with E-state index in [0.717, 1.165) is 4.90 Å². The summed E-state index contributed by atoms with van der Waals surface area (Å²) < 4.78 is 40.6. The van der Waals surface area contributed by atoms with E-state index in [2.05, 4.69) is 10.1 Å². The molecule has 24 heavy (non-hydrogen) atoms. The van der Waals surface area contributed by atoms with Gasteiger partial charge in [0.15, 0.2) is 0 Å². The number of hydrogen-bond acceptors (Lipinski definition) is 3. The number of halogens is 3. The molecule has 7 heteroatoms. The van der Waals surface area contributed by atoms with Crippen LogP contribution in [0.4, 0.5) is 18.9 Å². The molecule has 0 aliphatic heterocycles. The first kappa shape index (κ1) is 18.4. The molecule has 0 bridgehead atoms. The molecular formula is C17H16F3NO2S. The van der Waals surface area contributed by atoms with Crippen molar-refractivity contribution in [3.8, 4) is 0 Å². The highest BCUT2D eigenvalue weighted by molar-refractivity contribution is 7.98. The van der Waals surface area contributed by atoms with Crippen molar-refractivity contribution in [2.24, 2.45) is 0 Å². The Bertz CT molecular complexity index is 670. The zero-order valence-corrected chi connectivity index (χ0v) is 13.7. The van der Waals surface area contributed by atoms with E-state index < -0.39 is 12.8 Å². The maximum Gasteiger partial charge on any atom is 0.411 e. The summed E-state index contributed by atoms with van der Waals surface area (Å²) in [4.78, 5) is 13.2. The van der Waals surface area contributed by atoms with Gasteiger partial charge in [0.05, 0.1) is 6.61 Å². The predicted octanol–water partition coefficient (Wildman–Crippen LogP) is 4.74. The number of benzene rings is 2. The van der Waals surface area contributed by atoms with Gasteiger partial charge in [-0.2, -0.15) is 13.2 Å². The Morgan fingerprint density at radius 1 is 1.08 bits per heavy atom. The number of thioether (sulfide) groups is 1. The molecule has 0 saturated heterocycles. The fourth-order valence-electron chi connectivity index (χ4n) is 1.91. The predicted molar refractivity (Wildman–Crippen MR) is 88.3 cm³/mol. The molecule has 1 N–H and O–H groups in total. The molecule has 0 radical (unpaired) electrons. The minimum Gasteiger partial charge on any atom is -0.367 e. The summed E-state index contributed by atoms with van der Waals surface area (Å²) >= 11 is 1.61. The summed E-state index contributed by atoms with van der Waals surface area (Å²) in [6.45, 7) is -1.45. The first-order valence-corrected chi connectivity index (χ1v) is 8.29. The average Bonchev–Trinajstić information content (AvgIpc) is 2.55. The number of alkyl halides is 3. The molecule has 0 aliphatic carbocycles. The van der Waals surface area contributed by atoms with Crippen molar-refractivity contribution in [3.63, 3.8) is 0 Å². The van der Waals surface area contributed by atoms with E-state index in [-0.39, 0.29) is 12.5 Å². The molecule has 0 aliphatic rings. The average molecular weight is 355 g/mol. The van der Waals surface area contributed by atoms with Crippen LogP contribution in [0.2, 0.25) is 0 Å². The van der Waals surface area contributed by atoms with Crippen LogP contribution in [0.15, 0.2) is 53.4 Å². The van der Waals surface area contributed by atoms with Gasteiger partial charge >= 0.3 is 6.18 Å². The van der Waals surface area contributed by atoms with Crippen LogP contribution in [0.25, 0.3) is 0 Å². The monoisotopic (exact) mass is 355 g/mol. The molecule has 2 aromatic carbocycles. The standard InChI is InChI=1S/C17H16F3NO2S/c1-24-15-8-6-14(7-9-15)21-16(22)13-4-2-12(3-5-13)10-23-11-17(18,19)20/h2-9H,10-11H2,1H3,(H,21,22). The largest absolute Gasteiger partial charge is 0.411 e. The van der Waals surface area contributed by atoms with Gasteiger partial charge in [-0.05, 0) is 48.2 Å². The second-order valence-electron chi connectivity index (χ2n) is 4.99. The minimum atomic E-state index is -4.34. The second kappa shape index (κ2) is 8.21. The number of hydrogen-bond donors (Lipinski definition) is 1. The van der Waals surface area contributed by atoms with Crippen LogP contribution in [0.1, 0.15) is 15.9 Å². The lowest BCUT2D eigenvalue weighted by Crippen LogP contribution is -2.16. The van der Waals surface area contributed by atoms with Gasteiger partial charge in [-0.15, -0.1) is 11.8 Å². The third kappa shape index (κ3) is 5.90. The van der Waals surface area contributed by atoms with Gasteiger partial charge in [0.2, 0.25) is 0 Å². The van der Waals surface area contributed by atoms with Crippen molar-refractivity contribution in [2.75, 3.05) is 18.2 Å². The lowest BCUT2D eigenvalue weighted by atomic mass is 10.1. The second-order valence-corrected chi connectivity index (χ2v) is 5.87. The number of carbonyl (C=O) groups excluding carboxylic acids is 1. The highest BCUT2D eigenvalue weighted by atomic mass is 32.2. The highest BCUT2D eigenvalue weighted by Gasteiger charge is 2.27. The van der Waals surface area contributed by atoms with E-state index in [1.165, 1.54) is 0 Å². The highest BCUT2D eigenvalue weighted by Crippen LogP contribution is 2.18. The Morgan fingerprint density at radius 2 is 1.71 bits per heavy atom. The molecule has 0 spiro atoms. The van der Waals surface area contributed by atoms with Gasteiger partial charge in [0.1, 0.15) is 6.61 Å². The Hall–Kier alpha value is -1.99. The number of amides is 1. The summed E-state index contributed by atoms with van der Waals surface area (Å²) in [6.07, 6.45) is -2.38. The molecule has 0 unspecified atom stereocenters.